The maximum Gasteiger partial charge on any atom is 0.338 e. The molecule has 0 unspecified atom stereocenters. The summed E-state index contributed by atoms with van der Waals surface area (Å²) in [4.78, 5) is 24.4. The van der Waals surface area contributed by atoms with E-state index in [9.17, 15) is 9.59 Å². The van der Waals surface area contributed by atoms with E-state index in [4.69, 9.17) is 14.2 Å². The fourth-order valence-corrected chi connectivity index (χ4v) is 2.80. The van der Waals surface area contributed by atoms with Crippen molar-refractivity contribution in [2.75, 3.05) is 25.6 Å². The van der Waals surface area contributed by atoms with E-state index in [1.54, 1.807) is 12.1 Å². The highest BCUT2D eigenvalue weighted by molar-refractivity contribution is 5.97. The number of fused-ring (bicyclic) bond motifs is 1. The summed E-state index contributed by atoms with van der Waals surface area (Å²) >= 11 is 0. The monoisotopic (exact) mass is 393 g/mol. The number of esters is 1. The van der Waals surface area contributed by atoms with Crippen LogP contribution >= 0.6 is 0 Å². The Labute approximate surface area is 169 Å². The number of nitrogens with one attached hydrogen (secondary N) is 1. The molecule has 29 heavy (non-hydrogen) atoms. The van der Waals surface area contributed by atoms with Crippen LogP contribution in [0.25, 0.3) is 10.8 Å². The molecule has 0 aliphatic heterocycles. The van der Waals surface area contributed by atoms with Gasteiger partial charge in [0.1, 0.15) is 0 Å². The van der Waals surface area contributed by atoms with Gasteiger partial charge in [-0.1, -0.05) is 37.3 Å². The van der Waals surface area contributed by atoms with Gasteiger partial charge in [-0.2, -0.15) is 0 Å². The Morgan fingerprint density at radius 3 is 2.48 bits per heavy atom. The number of amides is 1. The van der Waals surface area contributed by atoms with Crippen LogP contribution < -0.4 is 14.8 Å². The minimum atomic E-state index is -0.612. The predicted octanol–water partition coefficient (Wildman–Crippen LogP) is 4.43. The Bertz CT molecular complexity index is 1020. The molecule has 1 amide bonds. The van der Waals surface area contributed by atoms with Crippen LogP contribution in [0.15, 0.2) is 60.7 Å². The summed E-state index contributed by atoms with van der Waals surface area (Å²) in [7, 11) is 1.50. The third kappa shape index (κ3) is 5.25. The molecular formula is C23H23NO5. The molecule has 0 saturated heterocycles. The first-order valence-electron chi connectivity index (χ1n) is 9.37. The van der Waals surface area contributed by atoms with E-state index in [1.165, 1.54) is 13.2 Å². The Morgan fingerprint density at radius 1 is 0.931 bits per heavy atom. The molecule has 3 aromatic rings. The largest absolute Gasteiger partial charge is 0.493 e. The molecule has 0 aliphatic carbocycles. The standard InChI is InChI=1S/C23H23NO5/c1-3-12-28-20-11-9-18(14-21(20)27-2)23(26)29-15-22(25)24-19-10-8-16-6-4-5-7-17(16)13-19/h4-11,13-14H,3,12,15H2,1-2H3,(H,24,25). The lowest BCUT2D eigenvalue weighted by molar-refractivity contribution is -0.119. The van der Waals surface area contributed by atoms with Gasteiger partial charge in [-0.05, 0) is 47.5 Å². The Balaban J connectivity index is 1.58. The number of rotatable bonds is 8. The fraction of sp³-hybridized carbons (Fsp3) is 0.217. The normalized spacial score (nSPS) is 10.4. The van der Waals surface area contributed by atoms with Gasteiger partial charge < -0.3 is 19.5 Å². The number of benzene rings is 3. The van der Waals surface area contributed by atoms with E-state index in [1.807, 2.05) is 49.4 Å². The second kappa shape index (κ2) is 9.59. The first-order valence-corrected chi connectivity index (χ1v) is 9.37. The van der Waals surface area contributed by atoms with Crippen molar-refractivity contribution in [3.05, 3.63) is 66.2 Å². The molecule has 0 aliphatic rings. The Morgan fingerprint density at radius 2 is 1.72 bits per heavy atom. The highest BCUT2D eigenvalue weighted by Crippen LogP contribution is 2.28. The average Bonchev–Trinajstić information content (AvgIpc) is 2.75. The van der Waals surface area contributed by atoms with Gasteiger partial charge >= 0.3 is 5.97 Å². The summed E-state index contributed by atoms with van der Waals surface area (Å²) < 4.78 is 15.9. The summed E-state index contributed by atoms with van der Waals surface area (Å²) in [6.07, 6.45) is 0.860. The van der Waals surface area contributed by atoms with Crippen molar-refractivity contribution < 1.29 is 23.8 Å². The molecule has 0 aromatic heterocycles. The minimum absolute atomic E-state index is 0.282. The van der Waals surface area contributed by atoms with Crippen LogP contribution in [0.3, 0.4) is 0 Å². The van der Waals surface area contributed by atoms with Crippen molar-refractivity contribution in [1.82, 2.24) is 0 Å². The first-order chi connectivity index (χ1) is 14.1. The lowest BCUT2D eigenvalue weighted by atomic mass is 10.1. The zero-order valence-electron chi connectivity index (χ0n) is 16.4. The topological polar surface area (TPSA) is 73.9 Å². The van der Waals surface area contributed by atoms with Crippen LogP contribution in [0.2, 0.25) is 0 Å². The number of carbonyl (C=O) groups excluding carboxylic acids is 2. The maximum absolute atomic E-state index is 12.3. The molecule has 0 spiro atoms. The quantitative estimate of drug-likeness (QED) is 0.573. The summed E-state index contributed by atoms with van der Waals surface area (Å²) in [6, 6.07) is 18.2. The summed E-state index contributed by atoms with van der Waals surface area (Å²) in [6.45, 7) is 2.17. The first kappa shape index (κ1) is 20.2. The van der Waals surface area contributed by atoms with Crippen molar-refractivity contribution in [1.29, 1.82) is 0 Å². The van der Waals surface area contributed by atoms with Gasteiger partial charge in [-0.15, -0.1) is 0 Å². The highest BCUT2D eigenvalue weighted by Gasteiger charge is 2.14. The van der Waals surface area contributed by atoms with Crippen LogP contribution in [-0.2, 0) is 9.53 Å². The van der Waals surface area contributed by atoms with Crippen molar-refractivity contribution in [2.45, 2.75) is 13.3 Å². The lowest BCUT2D eigenvalue weighted by Gasteiger charge is -2.11. The fourth-order valence-electron chi connectivity index (χ4n) is 2.80. The molecule has 3 aromatic carbocycles. The van der Waals surface area contributed by atoms with Crippen LogP contribution in [0, 0.1) is 0 Å². The van der Waals surface area contributed by atoms with E-state index < -0.39 is 11.9 Å². The molecule has 0 atom stereocenters. The van der Waals surface area contributed by atoms with E-state index in [2.05, 4.69) is 5.32 Å². The predicted molar refractivity (Wildman–Crippen MR) is 112 cm³/mol. The number of hydrogen-bond acceptors (Lipinski definition) is 5. The molecule has 150 valence electrons. The lowest BCUT2D eigenvalue weighted by Crippen LogP contribution is -2.21. The third-order valence-corrected chi connectivity index (χ3v) is 4.23. The van der Waals surface area contributed by atoms with Gasteiger partial charge in [0, 0.05) is 5.69 Å². The minimum Gasteiger partial charge on any atom is -0.493 e. The average molecular weight is 393 g/mol. The molecule has 6 heteroatoms. The van der Waals surface area contributed by atoms with Gasteiger partial charge in [-0.3, -0.25) is 4.79 Å². The van der Waals surface area contributed by atoms with Gasteiger partial charge in [0.05, 0.1) is 19.3 Å². The van der Waals surface area contributed by atoms with Gasteiger partial charge in [-0.25, -0.2) is 4.79 Å². The molecule has 0 saturated carbocycles. The second-order valence-corrected chi connectivity index (χ2v) is 6.40. The highest BCUT2D eigenvalue weighted by atomic mass is 16.5. The Kier molecular flexibility index (Phi) is 6.68. The molecule has 0 bridgehead atoms. The van der Waals surface area contributed by atoms with Gasteiger partial charge in [0.25, 0.3) is 5.91 Å². The van der Waals surface area contributed by atoms with E-state index in [-0.39, 0.29) is 12.2 Å². The number of anilines is 1. The molecule has 0 radical (unpaired) electrons. The molecular weight excluding hydrogens is 370 g/mol. The van der Waals surface area contributed by atoms with E-state index >= 15 is 0 Å². The molecule has 6 nitrogen and oxygen atoms in total. The summed E-state index contributed by atoms with van der Waals surface area (Å²) in [5.41, 5.74) is 0.924. The number of carbonyl (C=O) groups is 2. The van der Waals surface area contributed by atoms with Crippen molar-refractivity contribution >= 4 is 28.3 Å². The van der Waals surface area contributed by atoms with Crippen molar-refractivity contribution in [3.63, 3.8) is 0 Å². The van der Waals surface area contributed by atoms with E-state index in [0.717, 1.165) is 17.2 Å². The molecule has 0 fully saturated rings. The van der Waals surface area contributed by atoms with Crippen molar-refractivity contribution in [2.24, 2.45) is 0 Å². The van der Waals surface area contributed by atoms with Gasteiger partial charge in [0.15, 0.2) is 18.1 Å². The van der Waals surface area contributed by atoms with Crippen LogP contribution in [0.4, 0.5) is 5.69 Å². The molecule has 1 N–H and O–H groups in total. The second-order valence-electron chi connectivity index (χ2n) is 6.40. The van der Waals surface area contributed by atoms with E-state index in [0.29, 0.717) is 23.8 Å². The number of methoxy groups -OCH3 is 1. The van der Waals surface area contributed by atoms with Crippen molar-refractivity contribution in [3.8, 4) is 11.5 Å². The third-order valence-electron chi connectivity index (χ3n) is 4.23. The zero-order valence-corrected chi connectivity index (χ0v) is 16.4. The maximum atomic E-state index is 12.3. The number of hydrogen-bond donors (Lipinski definition) is 1. The van der Waals surface area contributed by atoms with Crippen LogP contribution in [0.1, 0.15) is 23.7 Å². The van der Waals surface area contributed by atoms with Crippen LogP contribution in [-0.4, -0.2) is 32.2 Å². The number of ether oxygens (including phenoxy) is 3. The van der Waals surface area contributed by atoms with Crippen LogP contribution in [0.5, 0.6) is 11.5 Å². The molecule has 3 rings (SSSR count). The SMILES string of the molecule is CCCOc1ccc(C(=O)OCC(=O)Nc2ccc3ccccc3c2)cc1OC. The summed E-state index contributed by atoms with van der Waals surface area (Å²) in [5.74, 6) is -0.0315. The summed E-state index contributed by atoms with van der Waals surface area (Å²) in [5, 5.41) is 4.83. The molecule has 0 heterocycles. The smallest absolute Gasteiger partial charge is 0.338 e. The Hall–Kier alpha value is -3.54. The zero-order chi connectivity index (χ0) is 20.6. The van der Waals surface area contributed by atoms with Gasteiger partial charge in [0.2, 0.25) is 0 Å².